The normalized spacial score (nSPS) is 20.7. The monoisotopic (exact) mass is 977 g/mol. The van der Waals surface area contributed by atoms with Gasteiger partial charge in [-0.15, -0.1) is 0 Å². The summed E-state index contributed by atoms with van der Waals surface area (Å²) in [5.74, 6) is 1.16. The highest BCUT2D eigenvalue weighted by atomic mass is 79.9. The van der Waals surface area contributed by atoms with Gasteiger partial charge in [0.25, 0.3) is 0 Å². The number of nitrogens with zero attached hydrogens (tertiary/aromatic N) is 7. The molecule has 1 atom stereocenters. The number of carbonyl (C=O) groups excluding carboxylic acids is 3. The van der Waals surface area contributed by atoms with Crippen molar-refractivity contribution in [2.75, 3.05) is 80.6 Å². The van der Waals surface area contributed by atoms with Gasteiger partial charge in [0.05, 0.1) is 39.7 Å². The lowest BCUT2D eigenvalue weighted by Gasteiger charge is -2.45. The van der Waals surface area contributed by atoms with E-state index in [1.807, 2.05) is 36.4 Å². The Morgan fingerprint density at radius 3 is 2.35 bits per heavy atom. The van der Waals surface area contributed by atoms with Crippen LogP contribution in [-0.2, 0) is 25.4 Å². The van der Waals surface area contributed by atoms with E-state index in [-0.39, 0.29) is 35.6 Å². The molecule has 3 aliphatic heterocycles. The lowest BCUT2D eigenvalue weighted by atomic mass is 9.79. The van der Waals surface area contributed by atoms with Crippen molar-refractivity contribution in [3.63, 3.8) is 0 Å². The summed E-state index contributed by atoms with van der Waals surface area (Å²) in [5.41, 5.74) is 6.92. The van der Waals surface area contributed by atoms with Gasteiger partial charge < -0.3 is 35.1 Å². The second-order valence-electron chi connectivity index (χ2n) is 18.1. The predicted molar refractivity (Wildman–Crippen MR) is 262 cm³/mol. The quantitative estimate of drug-likeness (QED) is 0.0697. The predicted octanol–water partition coefficient (Wildman–Crippen LogP) is 7.01. The number of fused-ring (bicyclic) bond motifs is 1. The van der Waals surface area contributed by atoms with Crippen LogP contribution in [0.4, 0.5) is 34.5 Å². The molecule has 4 N–H and O–H groups in total. The summed E-state index contributed by atoms with van der Waals surface area (Å²) in [7, 11) is -1.10. The Hall–Kier alpha value is -5.64. The summed E-state index contributed by atoms with van der Waals surface area (Å²) in [5, 5.41) is 13.4. The van der Waals surface area contributed by atoms with E-state index in [0.717, 1.165) is 88.3 Å². The zero-order valence-corrected chi connectivity index (χ0v) is 40.3. The van der Waals surface area contributed by atoms with E-state index in [1.54, 1.807) is 39.0 Å². The van der Waals surface area contributed by atoms with Crippen molar-refractivity contribution >= 4 is 91.6 Å². The van der Waals surface area contributed by atoms with E-state index in [9.17, 15) is 18.9 Å². The summed E-state index contributed by atoms with van der Waals surface area (Å²) >= 11 is 3.60. The molecular weight excluding hydrogens is 921 g/mol. The largest absolute Gasteiger partial charge is 0.494 e. The molecule has 5 aromatic rings. The van der Waals surface area contributed by atoms with E-state index >= 15 is 0 Å². The van der Waals surface area contributed by atoms with Crippen LogP contribution in [-0.4, -0.2) is 119 Å². The minimum atomic E-state index is -2.78. The Kier molecular flexibility index (Phi) is 13.3. The number of rotatable bonds is 13. The molecule has 0 radical (unpaired) electrons. The SMILES string of the molecule is CCc1cc(Nc2ncc(Br)c(Nc3ccc4nccnc4c3P(C)(C)=O)n2)c(OC)cc1N1CCC(N2CCN(C(=O)[C@H]3C[C@H](Nc4ccc(C5CCC(=O)NC5=O)cc4)C3)CC2)CC1. The molecule has 3 aromatic carbocycles. The number of aryl methyl sites for hydroxylation is 1. The first-order chi connectivity index (χ1) is 31.8. The van der Waals surface area contributed by atoms with Crippen molar-refractivity contribution in [1.82, 2.24) is 35.1 Å². The fourth-order valence-corrected chi connectivity index (χ4v) is 11.6. The van der Waals surface area contributed by atoms with Crippen LogP contribution in [0.15, 0.2) is 71.6 Å². The van der Waals surface area contributed by atoms with Crippen molar-refractivity contribution in [2.24, 2.45) is 5.92 Å². The van der Waals surface area contributed by atoms with Gasteiger partial charge in [-0.3, -0.25) is 34.6 Å². The first-order valence-corrected chi connectivity index (χ1v) is 26.3. The number of imide groups is 1. The molecule has 1 saturated carbocycles. The Balaban J connectivity index is 0.765. The fraction of sp³-hybridized carbons (Fsp3) is 0.438. The van der Waals surface area contributed by atoms with Crippen molar-refractivity contribution < 1.29 is 23.7 Å². The first kappa shape index (κ1) is 45.5. The van der Waals surface area contributed by atoms with Crippen LogP contribution in [0.1, 0.15) is 62.5 Å². The van der Waals surface area contributed by atoms with Gasteiger partial charge in [0.15, 0.2) is 0 Å². The number of hydrogen-bond acceptors (Lipinski definition) is 14. The number of ether oxygens (including phenoxy) is 1. The number of hydrogen-bond donors (Lipinski definition) is 4. The second-order valence-corrected chi connectivity index (χ2v) is 22.1. The van der Waals surface area contributed by atoms with E-state index in [1.165, 1.54) is 11.3 Å². The minimum Gasteiger partial charge on any atom is -0.494 e. The number of methoxy groups -OCH3 is 1. The van der Waals surface area contributed by atoms with Gasteiger partial charge in [0, 0.05) is 99.7 Å². The summed E-state index contributed by atoms with van der Waals surface area (Å²) in [6, 6.07) is 16.6. The minimum absolute atomic E-state index is 0.0492. The van der Waals surface area contributed by atoms with Gasteiger partial charge in [0.2, 0.25) is 23.7 Å². The van der Waals surface area contributed by atoms with Gasteiger partial charge in [-0.2, -0.15) is 4.98 Å². The van der Waals surface area contributed by atoms with Crippen LogP contribution >= 0.6 is 23.1 Å². The highest BCUT2D eigenvalue weighted by Crippen LogP contribution is 2.42. The van der Waals surface area contributed by atoms with Gasteiger partial charge >= 0.3 is 0 Å². The Labute approximate surface area is 393 Å². The maximum atomic E-state index is 13.5. The number of piperidine rings is 2. The average molecular weight is 979 g/mol. The molecule has 5 heterocycles. The average Bonchev–Trinajstić information content (AvgIpc) is 3.30. The Bertz CT molecular complexity index is 2680. The molecule has 0 bridgehead atoms. The fourth-order valence-electron chi connectivity index (χ4n) is 9.92. The highest BCUT2D eigenvalue weighted by Gasteiger charge is 2.39. The molecule has 1 unspecified atom stereocenters. The van der Waals surface area contributed by atoms with E-state index < -0.39 is 7.14 Å². The van der Waals surface area contributed by atoms with E-state index in [4.69, 9.17) is 9.72 Å². The summed E-state index contributed by atoms with van der Waals surface area (Å²) < 4.78 is 20.1. The number of benzene rings is 3. The van der Waals surface area contributed by atoms with Gasteiger partial charge in [-0.1, -0.05) is 19.1 Å². The van der Waals surface area contributed by atoms with Crippen molar-refractivity contribution in [2.45, 2.75) is 69.9 Å². The number of nitrogens with one attached hydrogen (secondary N) is 4. The Morgan fingerprint density at radius 1 is 0.909 bits per heavy atom. The van der Waals surface area contributed by atoms with Gasteiger partial charge in [-0.25, -0.2) is 4.98 Å². The molecule has 9 rings (SSSR count). The molecule has 3 amide bonds. The lowest BCUT2D eigenvalue weighted by molar-refractivity contribution is -0.140. The molecule has 18 heteroatoms. The number of halogens is 1. The van der Waals surface area contributed by atoms with Crippen LogP contribution < -0.4 is 36.2 Å². The van der Waals surface area contributed by atoms with E-state index in [2.05, 4.69) is 85.9 Å². The molecule has 16 nitrogen and oxygen atoms in total. The number of piperazine rings is 1. The van der Waals surface area contributed by atoms with E-state index in [0.29, 0.717) is 62.9 Å². The van der Waals surface area contributed by atoms with Crippen LogP contribution in [0.25, 0.3) is 11.0 Å². The van der Waals surface area contributed by atoms with Crippen LogP contribution in [0.2, 0.25) is 0 Å². The van der Waals surface area contributed by atoms with Crippen molar-refractivity contribution in [1.29, 1.82) is 0 Å². The van der Waals surface area contributed by atoms with Crippen LogP contribution in [0.5, 0.6) is 5.75 Å². The molecule has 346 valence electrons. The van der Waals surface area contributed by atoms with Gasteiger partial charge in [-0.05, 0) is 109 Å². The summed E-state index contributed by atoms with van der Waals surface area (Å²) in [6.45, 7) is 10.8. The number of amides is 3. The zero-order chi connectivity index (χ0) is 46.1. The molecule has 66 heavy (non-hydrogen) atoms. The standard InChI is InChI=1S/C48H57BrN11O5P/c1-5-29-26-39(55-48-52-28-36(49)45(57-48)54-38-12-11-37-43(51-17-16-50-37)44(38)66(3,4)64)41(65-2)27-40(29)59-18-14-34(15-19-59)58-20-22-60(23-21-58)47(63)31-24-33(25-31)53-32-8-6-30(7-9-32)35-10-13-42(61)56-46(35)62/h6-9,11-12,16-17,26-28,31,33-35,53H,5,10,13-15,18-25H2,1-4H3,(H,56,61,62)(H2,52,54,55,57)/t31-,33-,35?. The van der Waals surface area contributed by atoms with Gasteiger partial charge in [0.1, 0.15) is 24.2 Å². The second kappa shape index (κ2) is 19.3. The third kappa shape index (κ3) is 9.75. The highest BCUT2D eigenvalue weighted by molar-refractivity contribution is 9.10. The molecule has 2 aromatic heterocycles. The number of aromatic nitrogens is 4. The van der Waals surface area contributed by atoms with Crippen LogP contribution in [0.3, 0.4) is 0 Å². The molecule has 4 fully saturated rings. The topological polar surface area (TPSA) is 187 Å². The van der Waals surface area contributed by atoms with Crippen molar-refractivity contribution in [3.8, 4) is 5.75 Å². The summed E-state index contributed by atoms with van der Waals surface area (Å²) in [6.07, 6.45) is 10.4. The van der Waals surface area contributed by atoms with Crippen molar-refractivity contribution in [3.05, 3.63) is 82.7 Å². The Morgan fingerprint density at radius 2 is 1.65 bits per heavy atom. The summed E-state index contributed by atoms with van der Waals surface area (Å²) in [4.78, 5) is 62.7. The first-order valence-electron chi connectivity index (χ1n) is 22.9. The smallest absolute Gasteiger partial charge is 0.234 e. The lowest BCUT2D eigenvalue weighted by Crippen LogP contribution is -2.56. The zero-order valence-electron chi connectivity index (χ0n) is 37.8. The molecular formula is C48H57BrN11O5P. The molecule has 3 saturated heterocycles. The third-order valence-electron chi connectivity index (χ3n) is 13.5. The molecule has 4 aliphatic rings. The number of carbonyl (C=O) groups is 3. The maximum Gasteiger partial charge on any atom is 0.234 e. The third-order valence-corrected chi connectivity index (χ3v) is 15.6. The maximum absolute atomic E-state index is 13.5. The molecule has 1 aliphatic carbocycles. The van der Waals surface area contributed by atoms with Crippen LogP contribution in [0, 0.1) is 5.92 Å². The molecule has 0 spiro atoms. The number of anilines is 6.